The number of esters is 1. The van der Waals surface area contributed by atoms with Gasteiger partial charge >= 0.3 is 18.2 Å². The van der Waals surface area contributed by atoms with Crippen LogP contribution in [-0.4, -0.2) is 48.4 Å². The highest BCUT2D eigenvalue weighted by Crippen LogP contribution is 2.45. The summed E-state index contributed by atoms with van der Waals surface area (Å²) >= 11 is 0.822. The summed E-state index contributed by atoms with van der Waals surface area (Å²) in [5.41, 5.74) is 2.39. The maximum absolute atomic E-state index is 13.3. The molecule has 2 aromatic rings. The Bertz CT molecular complexity index is 987. The van der Waals surface area contributed by atoms with Crippen LogP contribution in [0.5, 0.6) is 0 Å². The molecule has 2 amide bonds. The number of hydrogen-bond acceptors (Lipinski definition) is 9. The van der Waals surface area contributed by atoms with Crippen LogP contribution in [0.15, 0.2) is 59.5 Å². The third-order valence-corrected chi connectivity index (χ3v) is 5.57. The first-order chi connectivity index (χ1) is 15.8. The molecule has 2 aromatic carbocycles. The number of amides is 2. The molecule has 0 saturated heterocycles. The number of hydrogen-bond donors (Lipinski definition) is 1. The van der Waals surface area contributed by atoms with Gasteiger partial charge in [0.25, 0.3) is 5.69 Å². The first-order valence-electron chi connectivity index (χ1n) is 9.77. The lowest BCUT2D eigenvalue weighted by atomic mass is 10.1. The van der Waals surface area contributed by atoms with Gasteiger partial charge in [-0.3, -0.25) is 10.1 Å². The first-order valence-corrected chi connectivity index (χ1v) is 10.6. The van der Waals surface area contributed by atoms with E-state index in [4.69, 9.17) is 14.2 Å². The monoisotopic (exact) mass is 477 g/mol. The lowest BCUT2D eigenvalue weighted by Crippen LogP contribution is -2.60. The normalized spacial score (nSPS) is 12.1. The number of non-ortho nitro benzene ring substituents is 1. The fourth-order valence-electron chi connectivity index (χ4n) is 2.79. The van der Waals surface area contributed by atoms with Crippen LogP contribution < -0.4 is 5.43 Å². The van der Waals surface area contributed by atoms with Gasteiger partial charge in [-0.2, -0.15) is 5.01 Å². The Labute approximate surface area is 194 Å². The number of hydrazine groups is 1. The van der Waals surface area contributed by atoms with Gasteiger partial charge in [0.2, 0.25) is 4.87 Å². The molecule has 0 fully saturated rings. The van der Waals surface area contributed by atoms with E-state index in [0.717, 1.165) is 18.9 Å². The Kier molecular flexibility index (Phi) is 9.04. The van der Waals surface area contributed by atoms with Crippen LogP contribution in [0.3, 0.4) is 0 Å². The third kappa shape index (κ3) is 5.92. The summed E-state index contributed by atoms with van der Waals surface area (Å²) in [5, 5.41) is 11.7. The van der Waals surface area contributed by atoms with Crippen molar-refractivity contribution in [3.05, 3.63) is 70.3 Å². The van der Waals surface area contributed by atoms with Crippen molar-refractivity contribution in [3.8, 4) is 0 Å². The van der Waals surface area contributed by atoms with Crippen LogP contribution in [0.2, 0.25) is 0 Å². The standard InChI is InChI=1S/C21H23N3O8S/c1-4-31-19(26)22-23(20(27)32-5-2)21(18(25)30-3,15-9-7-6-8-10-15)33-17-13-11-16(12-14-17)24(28)29/h6-14H,4-5H2,1-3H3,(H,22,26). The number of nitro groups is 1. The Balaban J connectivity index is 2.72. The summed E-state index contributed by atoms with van der Waals surface area (Å²) in [6, 6.07) is 13.4. The van der Waals surface area contributed by atoms with E-state index in [1.165, 1.54) is 24.3 Å². The highest BCUT2D eigenvalue weighted by Gasteiger charge is 2.53. The summed E-state index contributed by atoms with van der Waals surface area (Å²) < 4.78 is 15.0. The zero-order valence-corrected chi connectivity index (χ0v) is 19.0. The molecule has 11 nitrogen and oxygen atoms in total. The molecule has 0 bridgehead atoms. The number of ether oxygens (including phenoxy) is 3. The average molecular weight is 477 g/mol. The molecule has 1 atom stereocenters. The zero-order chi connectivity index (χ0) is 24.4. The number of thioether (sulfide) groups is 1. The fraction of sp³-hybridized carbons (Fsp3) is 0.286. The van der Waals surface area contributed by atoms with Crippen LogP contribution >= 0.6 is 11.8 Å². The van der Waals surface area contributed by atoms with Gasteiger partial charge in [-0.1, -0.05) is 42.1 Å². The van der Waals surface area contributed by atoms with Gasteiger partial charge in [-0.05, 0) is 26.0 Å². The second kappa shape index (κ2) is 11.7. The summed E-state index contributed by atoms with van der Waals surface area (Å²) in [5.74, 6) is -0.915. The van der Waals surface area contributed by atoms with Crippen LogP contribution in [-0.2, 0) is 23.9 Å². The van der Waals surface area contributed by atoms with E-state index in [9.17, 15) is 24.5 Å². The fourth-order valence-corrected chi connectivity index (χ4v) is 4.03. The van der Waals surface area contributed by atoms with E-state index < -0.39 is 28.0 Å². The number of nitro benzene ring substituents is 1. The topological polar surface area (TPSA) is 137 Å². The molecule has 0 aromatic heterocycles. The largest absolute Gasteiger partial charge is 0.466 e. The highest BCUT2D eigenvalue weighted by atomic mass is 32.2. The molecule has 0 saturated carbocycles. The number of nitrogens with one attached hydrogen (secondary N) is 1. The molecule has 12 heteroatoms. The van der Waals surface area contributed by atoms with Crippen molar-refractivity contribution >= 4 is 35.6 Å². The Morgan fingerprint density at radius 1 is 1.03 bits per heavy atom. The molecule has 0 spiro atoms. The summed E-state index contributed by atoms with van der Waals surface area (Å²) in [7, 11) is 1.13. The van der Waals surface area contributed by atoms with Crippen molar-refractivity contribution in [1.29, 1.82) is 0 Å². The molecule has 0 aliphatic carbocycles. The molecule has 2 rings (SSSR count). The minimum absolute atomic E-state index is 0.00849. The number of rotatable bonds is 8. The summed E-state index contributed by atoms with van der Waals surface area (Å²) in [6.07, 6.45) is -2.05. The van der Waals surface area contributed by atoms with E-state index in [2.05, 4.69) is 5.43 Å². The molecule has 0 aliphatic heterocycles. The molecule has 0 heterocycles. The third-order valence-electron chi connectivity index (χ3n) is 4.18. The maximum atomic E-state index is 13.3. The molecule has 176 valence electrons. The van der Waals surface area contributed by atoms with Crippen molar-refractivity contribution in [3.63, 3.8) is 0 Å². The van der Waals surface area contributed by atoms with Crippen LogP contribution in [0.25, 0.3) is 0 Å². The first kappa shape index (κ1) is 25.5. The lowest BCUT2D eigenvalue weighted by molar-refractivity contribution is -0.384. The van der Waals surface area contributed by atoms with Gasteiger partial charge in [-0.15, -0.1) is 0 Å². The van der Waals surface area contributed by atoms with Gasteiger partial charge in [0.05, 0.1) is 25.2 Å². The average Bonchev–Trinajstić information content (AvgIpc) is 2.82. The maximum Gasteiger partial charge on any atom is 0.431 e. The van der Waals surface area contributed by atoms with Gasteiger partial charge in [-0.25, -0.2) is 19.8 Å². The van der Waals surface area contributed by atoms with Crippen molar-refractivity contribution in [2.45, 2.75) is 23.6 Å². The number of benzene rings is 2. The molecule has 1 unspecified atom stereocenters. The lowest BCUT2D eigenvalue weighted by Gasteiger charge is -2.39. The van der Waals surface area contributed by atoms with Crippen LogP contribution in [0, 0.1) is 10.1 Å². The van der Waals surface area contributed by atoms with Crippen molar-refractivity contribution in [2.24, 2.45) is 0 Å². The van der Waals surface area contributed by atoms with E-state index >= 15 is 0 Å². The van der Waals surface area contributed by atoms with E-state index in [-0.39, 0.29) is 24.5 Å². The minimum Gasteiger partial charge on any atom is -0.466 e. The number of nitrogens with zero attached hydrogens (tertiary/aromatic N) is 2. The number of carbonyl (C=O) groups excluding carboxylic acids is 3. The van der Waals surface area contributed by atoms with Gasteiger partial charge < -0.3 is 14.2 Å². The predicted octanol–water partition coefficient (Wildman–Crippen LogP) is 3.83. The van der Waals surface area contributed by atoms with Crippen LogP contribution in [0.4, 0.5) is 15.3 Å². The molecule has 0 aliphatic rings. The van der Waals surface area contributed by atoms with Gasteiger partial charge in [0.15, 0.2) is 0 Å². The molecule has 1 N–H and O–H groups in total. The van der Waals surface area contributed by atoms with Gasteiger partial charge in [0, 0.05) is 22.6 Å². The molecular formula is C21H23N3O8S. The summed E-state index contributed by atoms with van der Waals surface area (Å²) in [4.78, 5) is 47.4. The zero-order valence-electron chi connectivity index (χ0n) is 18.2. The SMILES string of the molecule is CCOC(=O)NN(C(=O)OCC)C(Sc1ccc([N+](=O)[O-])cc1)(C(=O)OC)c1ccccc1. The van der Waals surface area contributed by atoms with Crippen molar-refractivity contribution in [2.75, 3.05) is 20.3 Å². The quantitative estimate of drug-likeness (QED) is 0.150. The minimum atomic E-state index is -2.01. The second-order valence-electron chi connectivity index (χ2n) is 6.22. The van der Waals surface area contributed by atoms with E-state index in [1.807, 2.05) is 0 Å². The van der Waals surface area contributed by atoms with Gasteiger partial charge in [0.1, 0.15) is 0 Å². The molecule has 33 heavy (non-hydrogen) atoms. The Hall–Kier alpha value is -3.80. The van der Waals surface area contributed by atoms with E-state index in [0.29, 0.717) is 9.90 Å². The Morgan fingerprint density at radius 3 is 2.15 bits per heavy atom. The predicted molar refractivity (Wildman–Crippen MR) is 118 cm³/mol. The Morgan fingerprint density at radius 2 is 1.64 bits per heavy atom. The smallest absolute Gasteiger partial charge is 0.431 e. The van der Waals surface area contributed by atoms with E-state index in [1.54, 1.807) is 44.2 Å². The number of methoxy groups -OCH3 is 1. The van der Waals surface area contributed by atoms with Crippen molar-refractivity contribution < 1.29 is 33.5 Å². The molecule has 0 radical (unpaired) electrons. The highest BCUT2D eigenvalue weighted by molar-refractivity contribution is 8.01. The summed E-state index contributed by atoms with van der Waals surface area (Å²) in [6.45, 7) is 3.10. The van der Waals surface area contributed by atoms with Crippen LogP contribution in [0.1, 0.15) is 19.4 Å². The second-order valence-corrected chi connectivity index (χ2v) is 7.49. The van der Waals surface area contributed by atoms with Crippen molar-refractivity contribution in [1.82, 2.24) is 10.4 Å². The molecular weight excluding hydrogens is 454 g/mol. The number of carbonyl (C=O) groups is 3.